The number of ether oxygens (including phenoxy) is 2. The zero-order valence-corrected chi connectivity index (χ0v) is 17.0. The van der Waals surface area contributed by atoms with Gasteiger partial charge in [0.15, 0.2) is 11.5 Å². The van der Waals surface area contributed by atoms with E-state index in [1.807, 2.05) is 66.5 Å². The van der Waals surface area contributed by atoms with Crippen molar-refractivity contribution < 1.29 is 18.7 Å². The van der Waals surface area contributed by atoms with Crippen LogP contribution in [0, 0.1) is 5.82 Å². The van der Waals surface area contributed by atoms with E-state index in [1.54, 1.807) is 19.2 Å². The highest BCUT2D eigenvalue weighted by Gasteiger charge is 2.25. The molecule has 3 rings (SSSR count). The van der Waals surface area contributed by atoms with Crippen LogP contribution in [0.15, 0.2) is 78.9 Å². The summed E-state index contributed by atoms with van der Waals surface area (Å²) in [5, 5.41) is 2.87. The normalized spacial score (nSPS) is 11.7. The Bertz CT molecular complexity index is 948. The molecule has 1 atom stereocenters. The molecule has 0 saturated heterocycles. The van der Waals surface area contributed by atoms with Crippen molar-refractivity contribution in [2.45, 2.75) is 6.04 Å². The molecule has 3 aromatic carbocycles. The van der Waals surface area contributed by atoms with Crippen LogP contribution in [0.3, 0.4) is 0 Å². The van der Waals surface area contributed by atoms with Crippen molar-refractivity contribution in [2.75, 3.05) is 32.6 Å². The number of benzene rings is 3. The van der Waals surface area contributed by atoms with Crippen LogP contribution in [-0.2, 0) is 4.79 Å². The number of likely N-dealkylation sites (N-methyl/N-ethyl adjacent to an activating group) is 1. The minimum Gasteiger partial charge on any atom is -0.493 e. The number of carbonyl (C=O) groups excluding carboxylic acids is 1. The van der Waals surface area contributed by atoms with Gasteiger partial charge in [-0.1, -0.05) is 42.5 Å². The van der Waals surface area contributed by atoms with Crippen LogP contribution in [0.2, 0.25) is 0 Å². The largest absolute Gasteiger partial charge is 0.493 e. The molecule has 5 nitrogen and oxygen atoms in total. The van der Waals surface area contributed by atoms with E-state index >= 15 is 0 Å². The summed E-state index contributed by atoms with van der Waals surface area (Å²) in [6.07, 6.45) is 0. The molecule has 0 saturated carbocycles. The average Bonchev–Trinajstić information content (AvgIpc) is 2.76. The molecule has 0 aliphatic carbocycles. The molecule has 156 valence electrons. The summed E-state index contributed by atoms with van der Waals surface area (Å²) in [7, 11) is 3.47. The van der Waals surface area contributed by atoms with E-state index in [-0.39, 0.29) is 11.7 Å². The van der Waals surface area contributed by atoms with Gasteiger partial charge in [-0.3, -0.25) is 9.69 Å². The van der Waals surface area contributed by atoms with Crippen molar-refractivity contribution in [2.24, 2.45) is 0 Å². The second-order valence-electron chi connectivity index (χ2n) is 6.79. The van der Waals surface area contributed by atoms with E-state index in [2.05, 4.69) is 5.32 Å². The monoisotopic (exact) mass is 408 g/mol. The van der Waals surface area contributed by atoms with Crippen LogP contribution in [0.1, 0.15) is 11.6 Å². The van der Waals surface area contributed by atoms with E-state index in [0.717, 1.165) is 5.56 Å². The van der Waals surface area contributed by atoms with Gasteiger partial charge < -0.3 is 14.8 Å². The molecule has 1 amide bonds. The maximum Gasteiger partial charge on any atom is 0.246 e. The number of anilines is 1. The second-order valence-corrected chi connectivity index (χ2v) is 6.79. The quantitative estimate of drug-likeness (QED) is 0.565. The summed E-state index contributed by atoms with van der Waals surface area (Å²) in [6.45, 7) is 0.887. The second kappa shape index (κ2) is 10.4. The van der Waals surface area contributed by atoms with Gasteiger partial charge in [0.25, 0.3) is 0 Å². The molecule has 30 heavy (non-hydrogen) atoms. The topological polar surface area (TPSA) is 50.8 Å². The van der Waals surface area contributed by atoms with Crippen LogP contribution in [0.25, 0.3) is 0 Å². The Labute approximate surface area is 176 Å². The lowest BCUT2D eigenvalue weighted by atomic mass is 10.0. The summed E-state index contributed by atoms with van der Waals surface area (Å²) < 4.78 is 24.3. The maximum absolute atomic E-state index is 13.2. The van der Waals surface area contributed by atoms with Gasteiger partial charge in [-0.15, -0.1) is 0 Å². The highest BCUT2D eigenvalue weighted by Crippen LogP contribution is 2.26. The molecule has 0 bridgehead atoms. The number of methoxy groups -OCH3 is 1. The fourth-order valence-corrected chi connectivity index (χ4v) is 3.15. The van der Waals surface area contributed by atoms with E-state index in [9.17, 15) is 9.18 Å². The lowest BCUT2D eigenvalue weighted by Crippen LogP contribution is -2.37. The molecule has 1 unspecified atom stereocenters. The minimum atomic E-state index is -0.530. The first-order chi connectivity index (χ1) is 14.6. The summed E-state index contributed by atoms with van der Waals surface area (Å²) in [6, 6.07) is 22.1. The summed E-state index contributed by atoms with van der Waals surface area (Å²) in [4.78, 5) is 15.0. The van der Waals surface area contributed by atoms with Crippen LogP contribution >= 0.6 is 0 Å². The molecule has 0 radical (unpaired) electrons. The molecule has 0 aliphatic heterocycles. The minimum absolute atomic E-state index is 0.201. The zero-order chi connectivity index (χ0) is 21.3. The van der Waals surface area contributed by atoms with Crippen LogP contribution in [0.4, 0.5) is 10.1 Å². The number of halogens is 1. The predicted molar refractivity (Wildman–Crippen MR) is 115 cm³/mol. The van der Waals surface area contributed by atoms with Gasteiger partial charge in [-0.25, -0.2) is 4.39 Å². The first kappa shape index (κ1) is 21.3. The Morgan fingerprint density at radius 3 is 2.27 bits per heavy atom. The van der Waals surface area contributed by atoms with Crippen LogP contribution < -0.4 is 14.8 Å². The Morgan fingerprint density at radius 1 is 0.967 bits per heavy atom. The van der Waals surface area contributed by atoms with Crippen LogP contribution in [0.5, 0.6) is 11.5 Å². The molecule has 0 spiro atoms. The maximum atomic E-state index is 13.2. The van der Waals surface area contributed by atoms with Gasteiger partial charge in [-0.05, 0) is 49.0 Å². The summed E-state index contributed by atoms with van der Waals surface area (Å²) >= 11 is 0. The molecular formula is C24H25FN2O3. The van der Waals surface area contributed by atoms with Crippen molar-refractivity contribution in [1.82, 2.24) is 4.90 Å². The Morgan fingerprint density at radius 2 is 1.60 bits per heavy atom. The highest BCUT2D eigenvalue weighted by molar-refractivity contribution is 5.95. The lowest BCUT2D eigenvalue weighted by Gasteiger charge is -2.27. The van der Waals surface area contributed by atoms with Gasteiger partial charge >= 0.3 is 0 Å². The zero-order valence-electron chi connectivity index (χ0n) is 17.0. The molecule has 0 fully saturated rings. The lowest BCUT2D eigenvalue weighted by molar-refractivity contribution is -0.121. The molecule has 0 aromatic heterocycles. The van der Waals surface area contributed by atoms with E-state index in [1.165, 1.54) is 12.1 Å². The number of hydrogen-bond donors (Lipinski definition) is 1. The van der Waals surface area contributed by atoms with Crippen LogP contribution in [-0.4, -0.2) is 38.1 Å². The molecule has 3 aromatic rings. The van der Waals surface area contributed by atoms with Crippen molar-refractivity contribution in [1.29, 1.82) is 0 Å². The van der Waals surface area contributed by atoms with Gasteiger partial charge in [0, 0.05) is 12.2 Å². The molecule has 0 aliphatic rings. The molecular weight excluding hydrogens is 383 g/mol. The van der Waals surface area contributed by atoms with Gasteiger partial charge in [0.1, 0.15) is 18.5 Å². The molecule has 0 heterocycles. The third-order valence-electron chi connectivity index (χ3n) is 4.69. The Kier molecular flexibility index (Phi) is 7.40. The number of nitrogens with zero attached hydrogens (tertiary/aromatic N) is 1. The fraction of sp³-hybridized carbons (Fsp3) is 0.208. The van der Waals surface area contributed by atoms with E-state index in [0.29, 0.717) is 30.3 Å². The third kappa shape index (κ3) is 5.58. The smallest absolute Gasteiger partial charge is 0.246 e. The third-order valence-corrected chi connectivity index (χ3v) is 4.69. The van der Waals surface area contributed by atoms with Gasteiger partial charge in [-0.2, -0.15) is 0 Å². The van der Waals surface area contributed by atoms with Crippen molar-refractivity contribution in [3.63, 3.8) is 0 Å². The molecule has 1 N–H and O–H groups in total. The van der Waals surface area contributed by atoms with Gasteiger partial charge in [0.05, 0.1) is 7.11 Å². The average molecular weight is 408 g/mol. The predicted octanol–water partition coefficient (Wildman–Crippen LogP) is 4.52. The first-order valence-corrected chi connectivity index (χ1v) is 9.66. The molecule has 6 heteroatoms. The SMILES string of the molecule is COc1ccccc1OCCN(C)C(C(=O)Nc1ccc(F)cc1)c1ccccc1. The summed E-state index contributed by atoms with van der Waals surface area (Å²) in [5.41, 5.74) is 1.40. The number of nitrogens with one attached hydrogen (secondary N) is 1. The standard InChI is InChI=1S/C24H25FN2O3/c1-27(16-17-30-22-11-7-6-10-21(22)29-2)23(18-8-4-3-5-9-18)24(28)26-20-14-12-19(25)13-15-20/h3-15,23H,16-17H2,1-2H3,(H,26,28). The number of rotatable bonds is 9. The Hall–Kier alpha value is -3.38. The number of carbonyl (C=O) groups is 1. The van der Waals surface area contributed by atoms with E-state index in [4.69, 9.17) is 9.47 Å². The highest BCUT2D eigenvalue weighted by atomic mass is 19.1. The number of amides is 1. The number of hydrogen-bond acceptors (Lipinski definition) is 4. The first-order valence-electron chi connectivity index (χ1n) is 9.66. The fourth-order valence-electron chi connectivity index (χ4n) is 3.15. The Balaban J connectivity index is 1.70. The van der Waals surface area contributed by atoms with Crippen molar-refractivity contribution in [3.8, 4) is 11.5 Å². The van der Waals surface area contributed by atoms with Crippen molar-refractivity contribution in [3.05, 3.63) is 90.2 Å². The number of para-hydroxylation sites is 2. The van der Waals surface area contributed by atoms with Crippen molar-refractivity contribution >= 4 is 11.6 Å². The summed E-state index contributed by atoms with van der Waals surface area (Å²) in [5.74, 6) is 0.764. The van der Waals surface area contributed by atoms with E-state index < -0.39 is 6.04 Å². The van der Waals surface area contributed by atoms with Gasteiger partial charge in [0.2, 0.25) is 5.91 Å².